The van der Waals surface area contributed by atoms with E-state index in [0.29, 0.717) is 11.3 Å². The maximum atomic E-state index is 15.2. The first-order valence-electron chi connectivity index (χ1n) is 11.7. The standard InChI is InChI=1S/C26H28F2N4O5/c1-15-6-7-32-19(13-30-8-9-31(14-21(30)33)25(35)37-26(2,3)4)23(29-20(32)10-15)22-17(27)11-16(12-18(22)28)24(34)36-5/h6-7,10-12H,8-9,13-14H2,1-5H3. The molecule has 1 fully saturated rings. The van der Waals surface area contributed by atoms with Crippen molar-refractivity contribution in [1.82, 2.24) is 19.2 Å². The number of aromatic nitrogens is 2. The van der Waals surface area contributed by atoms with Crippen LogP contribution in [0.2, 0.25) is 0 Å². The molecule has 1 aromatic carbocycles. The number of imidazole rings is 1. The van der Waals surface area contributed by atoms with Crippen LogP contribution in [-0.4, -0.2) is 69.5 Å². The summed E-state index contributed by atoms with van der Waals surface area (Å²) in [6.45, 7) is 7.34. The molecule has 11 heteroatoms. The van der Waals surface area contributed by atoms with Crippen molar-refractivity contribution in [1.29, 1.82) is 0 Å². The molecular formula is C26H28F2N4O5. The molecule has 2 amide bonds. The van der Waals surface area contributed by atoms with Gasteiger partial charge in [0.2, 0.25) is 5.91 Å². The lowest BCUT2D eigenvalue weighted by Gasteiger charge is -2.35. The van der Waals surface area contributed by atoms with Crippen LogP contribution in [0.3, 0.4) is 0 Å². The summed E-state index contributed by atoms with van der Waals surface area (Å²) in [5, 5.41) is 0. The van der Waals surface area contributed by atoms with Crippen molar-refractivity contribution < 1.29 is 32.6 Å². The highest BCUT2D eigenvalue weighted by atomic mass is 19.1. The Bertz CT molecular complexity index is 1370. The highest BCUT2D eigenvalue weighted by Gasteiger charge is 2.32. The Kier molecular flexibility index (Phi) is 6.90. The average molecular weight is 515 g/mol. The first-order chi connectivity index (χ1) is 17.4. The lowest BCUT2D eigenvalue weighted by Crippen LogP contribution is -2.52. The zero-order valence-electron chi connectivity index (χ0n) is 21.3. The predicted molar refractivity (Wildman–Crippen MR) is 130 cm³/mol. The van der Waals surface area contributed by atoms with Crippen LogP contribution in [0.5, 0.6) is 0 Å². The molecule has 3 heterocycles. The van der Waals surface area contributed by atoms with Crippen LogP contribution in [-0.2, 0) is 20.8 Å². The second-order valence-corrected chi connectivity index (χ2v) is 9.86. The van der Waals surface area contributed by atoms with Gasteiger partial charge in [-0.25, -0.2) is 23.4 Å². The number of hydrogen-bond acceptors (Lipinski definition) is 6. The third kappa shape index (κ3) is 5.40. The van der Waals surface area contributed by atoms with Crippen molar-refractivity contribution >= 4 is 23.6 Å². The van der Waals surface area contributed by atoms with E-state index in [-0.39, 0.29) is 43.3 Å². The van der Waals surface area contributed by atoms with Crippen molar-refractivity contribution in [2.75, 3.05) is 26.7 Å². The number of piperazine rings is 1. The van der Waals surface area contributed by atoms with Crippen molar-refractivity contribution in [3.63, 3.8) is 0 Å². The maximum absolute atomic E-state index is 15.2. The SMILES string of the molecule is COC(=O)c1cc(F)c(-c2nc3cc(C)ccn3c2CN2CCN(C(=O)OC(C)(C)C)CC2=O)c(F)c1. The normalized spacial score (nSPS) is 14.3. The Morgan fingerprint density at radius 2 is 1.78 bits per heavy atom. The lowest BCUT2D eigenvalue weighted by atomic mass is 10.0. The summed E-state index contributed by atoms with van der Waals surface area (Å²) < 4.78 is 41.9. The van der Waals surface area contributed by atoms with Crippen LogP contribution in [0.25, 0.3) is 16.9 Å². The molecule has 37 heavy (non-hydrogen) atoms. The number of pyridine rings is 1. The fraction of sp³-hybridized carbons (Fsp3) is 0.385. The molecule has 196 valence electrons. The molecule has 1 aliphatic rings. The summed E-state index contributed by atoms with van der Waals surface area (Å²) >= 11 is 0. The molecule has 0 aliphatic carbocycles. The zero-order chi connectivity index (χ0) is 27.1. The van der Waals surface area contributed by atoms with E-state index in [1.165, 1.54) is 9.80 Å². The number of benzene rings is 1. The number of rotatable bonds is 4. The van der Waals surface area contributed by atoms with Gasteiger partial charge in [-0.05, 0) is 57.5 Å². The molecule has 1 saturated heterocycles. The topological polar surface area (TPSA) is 93.5 Å². The van der Waals surface area contributed by atoms with E-state index in [0.717, 1.165) is 24.8 Å². The van der Waals surface area contributed by atoms with Crippen molar-refractivity contribution in [2.24, 2.45) is 0 Å². The highest BCUT2D eigenvalue weighted by Crippen LogP contribution is 2.32. The fourth-order valence-corrected chi connectivity index (χ4v) is 4.12. The van der Waals surface area contributed by atoms with Crippen LogP contribution >= 0.6 is 0 Å². The van der Waals surface area contributed by atoms with Gasteiger partial charge in [0.05, 0.1) is 30.5 Å². The molecule has 0 saturated carbocycles. The average Bonchev–Trinajstić information content (AvgIpc) is 3.14. The summed E-state index contributed by atoms with van der Waals surface area (Å²) in [4.78, 5) is 44.5. The van der Waals surface area contributed by atoms with Gasteiger partial charge < -0.3 is 18.8 Å². The van der Waals surface area contributed by atoms with E-state index in [2.05, 4.69) is 9.72 Å². The van der Waals surface area contributed by atoms with E-state index in [1.54, 1.807) is 37.4 Å². The number of carbonyl (C=O) groups is 3. The van der Waals surface area contributed by atoms with Crippen molar-refractivity contribution in [2.45, 2.75) is 39.8 Å². The molecule has 0 atom stereocenters. The van der Waals surface area contributed by atoms with Gasteiger partial charge in [0, 0.05) is 19.3 Å². The monoisotopic (exact) mass is 514 g/mol. The third-order valence-electron chi connectivity index (χ3n) is 5.89. The Labute approximate surface area is 212 Å². The van der Waals surface area contributed by atoms with Crippen LogP contribution in [0.4, 0.5) is 13.6 Å². The van der Waals surface area contributed by atoms with Gasteiger partial charge in [0.25, 0.3) is 0 Å². The van der Waals surface area contributed by atoms with Gasteiger partial charge in [-0.3, -0.25) is 9.69 Å². The number of ether oxygens (including phenoxy) is 2. The molecule has 0 bridgehead atoms. The molecule has 9 nitrogen and oxygen atoms in total. The molecule has 2 aromatic heterocycles. The van der Waals surface area contributed by atoms with Gasteiger partial charge in [0.15, 0.2) is 0 Å². The molecule has 4 rings (SSSR count). The van der Waals surface area contributed by atoms with E-state index in [1.807, 2.05) is 13.0 Å². The number of fused-ring (bicyclic) bond motifs is 1. The summed E-state index contributed by atoms with van der Waals surface area (Å²) in [7, 11) is 1.12. The molecule has 0 radical (unpaired) electrons. The first kappa shape index (κ1) is 26.1. The summed E-state index contributed by atoms with van der Waals surface area (Å²) in [5.74, 6) is -3.18. The van der Waals surface area contributed by atoms with Gasteiger partial charge in [-0.2, -0.15) is 0 Å². The number of carbonyl (C=O) groups excluding carboxylic acids is 3. The zero-order valence-corrected chi connectivity index (χ0v) is 21.3. The first-order valence-corrected chi connectivity index (χ1v) is 11.7. The molecule has 0 N–H and O–H groups in total. The third-order valence-corrected chi connectivity index (χ3v) is 5.89. The Hall–Kier alpha value is -4.02. The van der Waals surface area contributed by atoms with E-state index < -0.39 is 34.9 Å². The largest absolute Gasteiger partial charge is 0.465 e. The highest BCUT2D eigenvalue weighted by molar-refractivity contribution is 5.90. The summed E-state index contributed by atoms with van der Waals surface area (Å²) in [6.07, 6.45) is 1.14. The second kappa shape index (κ2) is 9.79. The van der Waals surface area contributed by atoms with E-state index in [4.69, 9.17) is 4.74 Å². The predicted octanol–water partition coefficient (Wildman–Crippen LogP) is 3.95. The number of nitrogens with zero attached hydrogens (tertiary/aromatic N) is 4. The number of hydrogen-bond donors (Lipinski definition) is 0. The Morgan fingerprint density at radius 1 is 1.11 bits per heavy atom. The smallest absolute Gasteiger partial charge is 0.410 e. The lowest BCUT2D eigenvalue weighted by molar-refractivity contribution is -0.136. The number of aryl methyl sites for hydroxylation is 1. The summed E-state index contributed by atoms with van der Waals surface area (Å²) in [6, 6.07) is 5.37. The minimum atomic E-state index is -0.983. The number of amides is 2. The Morgan fingerprint density at radius 3 is 2.38 bits per heavy atom. The molecule has 0 unspecified atom stereocenters. The van der Waals surface area contributed by atoms with Crippen LogP contribution in [0.1, 0.15) is 42.4 Å². The maximum Gasteiger partial charge on any atom is 0.410 e. The van der Waals surface area contributed by atoms with Gasteiger partial charge in [0.1, 0.15) is 35.1 Å². The van der Waals surface area contributed by atoms with E-state index >= 15 is 8.78 Å². The molecular weight excluding hydrogens is 486 g/mol. The Balaban J connectivity index is 1.69. The van der Waals surface area contributed by atoms with Crippen LogP contribution in [0.15, 0.2) is 30.5 Å². The van der Waals surface area contributed by atoms with Crippen LogP contribution in [0, 0.1) is 18.6 Å². The molecule has 1 aliphatic heterocycles. The van der Waals surface area contributed by atoms with Gasteiger partial charge in [-0.15, -0.1) is 0 Å². The minimum absolute atomic E-state index is 0.00180. The minimum Gasteiger partial charge on any atom is -0.465 e. The molecule has 0 spiro atoms. The second-order valence-electron chi connectivity index (χ2n) is 9.86. The fourth-order valence-electron chi connectivity index (χ4n) is 4.12. The van der Waals surface area contributed by atoms with Crippen molar-refractivity contribution in [3.05, 3.63) is 58.9 Å². The van der Waals surface area contributed by atoms with Crippen molar-refractivity contribution in [3.8, 4) is 11.3 Å². The molecule has 3 aromatic rings. The number of halogens is 2. The van der Waals surface area contributed by atoms with Gasteiger partial charge in [-0.1, -0.05) is 0 Å². The van der Waals surface area contributed by atoms with E-state index in [9.17, 15) is 14.4 Å². The summed E-state index contributed by atoms with van der Waals surface area (Å²) in [5.41, 5.74) is 0.357. The van der Waals surface area contributed by atoms with Crippen LogP contribution < -0.4 is 0 Å². The number of esters is 1. The quantitative estimate of drug-likeness (QED) is 0.490. The van der Waals surface area contributed by atoms with Gasteiger partial charge >= 0.3 is 12.1 Å². The number of methoxy groups -OCH3 is 1.